The van der Waals surface area contributed by atoms with E-state index in [1.54, 1.807) is 25.1 Å². The summed E-state index contributed by atoms with van der Waals surface area (Å²) in [5.41, 5.74) is -1.21. The van der Waals surface area contributed by atoms with Crippen LogP contribution in [0.15, 0.2) is 18.2 Å². The second-order valence-corrected chi connectivity index (χ2v) is 10.5. The average Bonchev–Trinajstić information content (AvgIpc) is 3.55. The van der Waals surface area contributed by atoms with E-state index in [1.807, 2.05) is 0 Å². The molecule has 0 aliphatic heterocycles. The van der Waals surface area contributed by atoms with Crippen LogP contribution in [-0.4, -0.2) is 40.1 Å². The molecule has 2 saturated carbocycles. The molecule has 2 aliphatic rings. The van der Waals surface area contributed by atoms with Crippen molar-refractivity contribution in [3.8, 4) is 0 Å². The molecular weight excluding hydrogens is 540 g/mol. The number of nitrogens with zero attached hydrogens (tertiary/aromatic N) is 1. The van der Waals surface area contributed by atoms with Crippen molar-refractivity contribution in [2.45, 2.75) is 88.6 Å². The third kappa shape index (κ3) is 6.63. The quantitative estimate of drug-likeness (QED) is 0.322. The van der Waals surface area contributed by atoms with Crippen LogP contribution in [0.1, 0.15) is 81.8 Å². The molecule has 0 radical (unpaired) electrons. The Labute approximate surface area is 218 Å². The minimum absolute atomic E-state index is 0.0275. The number of alkyl halides is 8. The molecular formula is C25H28F8N4O2. The topological polar surface area (TPSA) is 86.9 Å². The molecule has 4 rings (SSSR count). The molecule has 216 valence electrons. The summed E-state index contributed by atoms with van der Waals surface area (Å²) in [5, 5.41) is 4.92. The van der Waals surface area contributed by atoms with Crippen LogP contribution in [-0.2, 0) is 9.59 Å². The molecule has 0 spiro atoms. The smallest absolute Gasteiger partial charge is 0.350 e. The maximum absolute atomic E-state index is 13.8. The van der Waals surface area contributed by atoms with Crippen molar-refractivity contribution < 1.29 is 44.7 Å². The van der Waals surface area contributed by atoms with Crippen molar-refractivity contribution in [1.29, 1.82) is 0 Å². The van der Waals surface area contributed by atoms with Crippen LogP contribution in [0.3, 0.4) is 0 Å². The second-order valence-electron chi connectivity index (χ2n) is 10.5. The number of fused-ring (bicyclic) bond motifs is 1. The number of hydrogen-bond donors (Lipinski definition) is 3. The van der Waals surface area contributed by atoms with Gasteiger partial charge in [-0.3, -0.25) is 9.59 Å². The number of H-pyrrole nitrogens is 1. The molecule has 1 aromatic carbocycles. The normalized spacial score (nSPS) is 20.8. The number of aromatic nitrogens is 2. The predicted molar refractivity (Wildman–Crippen MR) is 123 cm³/mol. The largest absolute Gasteiger partial charge is 0.403 e. The molecule has 0 unspecified atom stereocenters. The average molecular weight is 569 g/mol. The van der Waals surface area contributed by atoms with Gasteiger partial charge in [0.1, 0.15) is 11.2 Å². The van der Waals surface area contributed by atoms with Gasteiger partial charge in [0.2, 0.25) is 17.7 Å². The van der Waals surface area contributed by atoms with Crippen LogP contribution in [0.2, 0.25) is 0 Å². The van der Waals surface area contributed by atoms with Gasteiger partial charge in [-0.1, -0.05) is 6.07 Å². The summed E-state index contributed by atoms with van der Waals surface area (Å²) in [7, 11) is 0. The van der Waals surface area contributed by atoms with Crippen molar-refractivity contribution in [3.63, 3.8) is 0 Å². The summed E-state index contributed by atoms with van der Waals surface area (Å²) in [4.78, 5) is 32.1. The number of nitrogens with one attached hydrogen (secondary N) is 3. The van der Waals surface area contributed by atoms with E-state index in [0.29, 0.717) is 16.6 Å². The van der Waals surface area contributed by atoms with Crippen LogP contribution in [0.5, 0.6) is 0 Å². The first-order valence-electron chi connectivity index (χ1n) is 12.6. The molecule has 39 heavy (non-hydrogen) atoms. The number of carbonyl (C=O) groups is 2. The van der Waals surface area contributed by atoms with Crippen molar-refractivity contribution in [2.75, 3.05) is 0 Å². The molecule has 3 N–H and O–H groups in total. The van der Waals surface area contributed by atoms with Gasteiger partial charge in [-0.25, -0.2) is 13.8 Å². The number of benzene rings is 1. The Morgan fingerprint density at radius 3 is 2.26 bits per heavy atom. The highest BCUT2D eigenvalue weighted by atomic mass is 19.4. The summed E-state index contributed by atoms with van der Waals surface area (Å²) >= 11 is 0. The molecule has 2 aromatic rings. The molecule has 2 atom stereocenters. The van der Waals surface area contributed by atoms with Crippen LogP contribution < -0.4 is 10.6 Å². The van der Waals surface area contributed by atoms with E-state index in [1.165, 1.54) is 0 Å². The van der Waals surface area contributed by atoms with Crippen molar-refractivity contribution in [2.24, 2.45) is 11.3 Å². The summed E-state index contributed by atoms with van der Waals surface area (Å²) in [5.74, 6) is -5.36. The number of halogens is 8. The number of aromatic amines is 1. The maximum atomic E-state index is 13.8. The zero-order valence-electron chi connectivity index (χ0n) is 20.9. The van der Waals surface area contributed by atoms with E-state index in [2.05, 4.69) is 20.6 Å². The Balaban J connectivity index is 1.55. The lowest BCUT2D eigenvalue weighted by molar-refractivity contribution is -0.193. The van der Waals surface area contributed by atoms with E-state index in [-0.39, 0.29) is 31.5 Å². The van der Waals surface area contributed by atoms with Crippen LogP contribution in [0, 0.1) is 11.3 Å². The molecule has 1 heterocycles. The van der Waals surface area contributed by atoms with Crippen molar-refractivity contribution >= 4 is 22.8 Å². The van der Waals surface area contributed by atoms with Gasteiger partial charge < -0.3 is 15.6 Å². The number of amides is 2. The van der Waals surface area contributed by atoms with Gasteiger partial charge in [0.05, 0.1) is 29.5 Å². The Bertz CT molecular complexity index is 1210. The first-order chi connectivity index (χ1) is 18.0. The predicted octanol–water partition coefficient (Wildman–Crippen LogP) is 6.41. The summed E-state index contributed by atoms with van der Waals surface area (Å²) in [6.45, 7) is 1.57. The van der Waals surface area contributed by atoms with Gasteiger partial charge in [-0.2, -0.15) is 26.3 Å². The number of hydrogen-bond acceptors (Lipinski definition) is 3. The van der Waals surface area contributed by atoms with E-state index in [9.17, 15) is 44.7 Å². The van der Waals surface area contributed by atoms with Gasteiger partial charge in [0.15, 0.2) is 0 Å². The van der Waals surface area contributed by atoms with Crippen LogP contribution in [0.25, 0.3) is 11.0 Å². The second kappa shape index (κ2) is 10.2. The third-order valence-electron chi connectivity index (χ3n) is 7.58. The van der Waals surface area contributed by atoms with Crippen molar-refractivity contribution in [1.82, 2.24) is 20.6 Å². The van der Waals surface area contributed by atoms with Gasteiger partial charge >= 0.3 is 12.4 Å². The Hall–Kier alpha value is -2.93. The Kier molecular flexibility index (Phi) is 7.63. The molecule has 6 nitrogen and oxygen atoms in total. The highest BCUT2D eigenvalue weighted by Gasteiger charge is 2.68. The number of imidazole rings is 1. The number of rotatable bonds is 8. The molecule has 0 saturated heterocycles. The lowest BCUT2D eigenvalue weighted by Gasteiger charge is -2.34. The lowest BCUT2D eigenvalue weighted by Crippen LogP contribution is -2.45. The summed E-state index contributed by atoms with van der Waals surface area (Å²) < 4.78 is 105. The molecule has 2 amide bonds. The standard InChI is InChI=1S/C25H28F8N4O2/c1-13(34-18(38)6-9-24(28,29)30)15-2-3-16-17(12-15)36-20(35-16)19(14-4-7-23(26,27)8-5-14)37-21(39)22(10-11-22)25(31,32)33/h2-3,12-14,19H,4-11H2,1H3,(H,34,38)(H,35,36)(H,37,39)/t13-,19+/m1/s1. The fourth-order valence-electron chi connectivity index (χ4n) is 4.96. The van der Waals surface area contributed by atoms with E-state index >= 15 is 0 Å². The van der Waals surface area contributed by atoms with Gasteiger partial charge in [0, 0.05) is 19.3 Å². The van der Waals surface area contributed by atoms with Crippen LogP contribution in [0.4, 0.5) is 35.1 Å². The first-order valence-corrected chi connectivity index (χ1v) is 12.6. The van der Waals surface area contributed by atoms with Gasteiger partial charge in [0.25, 0.3) is 0 Å². The molecule has 0 bridgehead atoms. The monoisotopic (exact) mass is 568 g/mol. The molecule has 2 fully saturated rings. The fourth-order valence-corrected chi connectivity index (χ4v) is 4.96. The molecule has 14 heteroatoms. The minimum Gasteiger partial charge on any atom is -0.350 e. The molecule has 2 aliphatic carbocycles. The lowest BCUT2D eigenvalue weighted by atomic mass is 9.81. The first kappa shape index (κ1) is 29.1. The maximum Gasteiger partial charge on any atom is 0.403 e. The van der Waals surface area contributed by atoms with Gasteiger partial charge in [-0.15, -0.1) is 0 Å². The SMILES string of the molecule is C[C@@H](NC(=O)CCC(F)(F)F)c1ccc2[nH]c([C@@H](NC(=O)C3(C(F)(F)F)CC3)C3CCC(F)(F)CC3)nc2c1. The molecule has 1 aromatic heterocycles. The van der Waals surface area contributed by atoms with E-state index < -0.39 is 79.2 Å². The van der Waals surface area contributed by atoms with Crippen LogP contribution >= 0.6 is 0 Å². The Morgan fingerprint density at radius 2 is 1.69 bits per heavy atom. The summed E-state index contributed by atoms with van der Waals surface area (Å²) in [6.07, 6.45) is -12.9. The van der Waals surface area contributed by atoms with E-state index in [0.717, 1.165) is 0 Å². The van der Waals surface area contributed by atoms with Crippen molar-refractivity contribution in [3.05, 3.63) is 29.6 Å². The Morgan fingerprint density at radius 1 is 1.05 bits per heavy atom. The van der Waals surface area contributed by atoms with E-state index in [4.69, 9.17) is 0 Å². The third-order valence-corrected chi connectivity index (χ3v) is 7.58. The van der Waals surface area contributed by atoms with Gasteiger partial charge in [-0.05, 0) is 56.2 Å². The summed E-state index contributed by atoms with van der Waals surface area (Å²) in [6, 6.07) is 2.98. The zero-order chi connectivity index (χ0) is 28.8. The zero-order valence-corrected chi connectivity index (χ0v) is 20.9. The minimum atomic E-state index is -4.75. The highest BCUT2D eigenvalue weighted by Crippen LogP contribution is 2.58. The fraction of sp³-hybridized carbons (Fsp3) is 0.640. The highest BCUT2D eigenvalue weighted by molar-refractivity contribution is 5.86. The number of carbonyl (C=O) groups excluding carboxylic acids is 2.